The van der Waals surface area contributed by atoms with E-state index in [1.165, 1.54) is 5.57 Å². The van der Waals surface area contributed by atoms with E-state index < -0.39 is 0 Å². The highest BCUT2D eigenvalue weighted by Gasteiger charge is 2.09. The SMILES string of the molecule is C#CCN1CCC=C(C=NOC)C1. The zero-order valence-electron chi connectivity index (χ0n) is 7.86. The fraction of sp³-hybridized carbons (Fsp3) is 0.500. The second-order valence-electron chi connectivity index (χ2n) is 2.90. The van der Waals surface area contributed by atoms with Gasteiger partial charge in [0.05, 0.1) is 12.8 Å². The third kappa shape index (κ3) is 3.30. The quantitative estimate of drug-likeness (QED) is 0.364. The van der Waals surface area contributed by atoms with Crippen LogP contribution in [0.3, 0.4) is 0 Å². The topological polar surface area (TPSA) is 24.8 Å². The lowest BCUT2D eigenvalue weighted by Crippen LogP contribution is -2.30. The molecule has 1 rings (SSSR count). The van der Waals surface area contributed by atoms with Crippen LogP contribution in [0.5, 0.6) is 0 Å². The van der Waals surface area contributed by atoms with E-state index in [0.29, 0.717) is 6.54 Å². The molecule has 0 bridgehead atoms. The lowest BCUT2D eigenvalue weighted by Gasteiger charge is -2.23. The van der Waals surface area contributed by atoms with Crippen LogP contribution in [0.4, 0.5) is 0 Å². The second-order valence-corrected chi connectivity index (χ2v) is 2.90. The third-order valence-corrected chi connectivity index (χ3v) is 1.90. The smallest absolute Gasteiger partial charge is 0.106 e. The first-order valence-electron chi connectivity index (χ1n) is 4.28. The number of rotatable bonds is 3. The van der Waals surface area contributed by atoms with Crippen LogP contribution < -0.4 is 0 Å². The number of hydrogen-bond donors (Lipinski definition) is 0. The number of oxime groups is 1. The van der Waals surface area contributed by atoms with Crippen molar-refractivity contribution in [1.82, 2.24) is 4.90 Å². The summed E-state index contributed by atoms with van der Waals surface area (Å²) in [5, 5.41) is 3.72. The Labute approximate surface area is 79.1 Å². The maximum atomic E-state index is 5.24. The van der Waals surface area contributed by atoms with Gasteiger partial charge in [0.2, 0.25) is 0 Å². The average molecular weight is 178 g/mol. The van der Waals surface area contributed by atoms with Crippen LogP contribution >= 0.6 is 0 Å². The Morgan fingerprint density at radius 3 is 3.38 bits per heavy atom. The molecule has 3 nitrogen and oxygen atoms in total. The number of hydrogen-bond acceptors (Lipinski definition) is 3. The molecule has 0 N–H and O–H groups in total. The van der Waals surface area contributed by atoms with Crippen LogP contribution in [0.15, 0.2) is 16.8 Å². The van der Waals surface area contributed by atoms with E-state index in [1.807, 2.05) is 0 Å². The zero-order valence-corrected chi connectivity index (χ0v) is 7.86. The molecule has 0 fully saturated rings. The molecule has 0 spiro atoms. The van der Waals surface area contributed by atoms with E-state index in [2.05, 4.69) is 26.9 Å². The van der Waals surface area contributed by atoms with Gasteiger partial charge in [0.1, 0.15) is 7.11 Å². The van der Waals surface area contributed by atoms with Crippen molar-refractivity contribution in [2.45, 2.75) is 6.42 Å². The molecule has 0 aromatic rings. The van der Waals surface area contributed by atoms with Crippen molar-refractivity contribution in [3.63, 3.8) is 0 Å². The van der Waals surface area contributed by atoms with E-state index in [9.17, 15) is 0 Å². The normalized spacial score (nSPS) is 18.3. The molecule has 13 heavy (non-hydrogen) atoms. The number of nitrogens with zero attached hydrogens (tertiary/aromatic N) is 2. The Bertz CT molecular complexity index is 250. The molecule has 0 unspecified atom stereocenters. The monoisotopic (exact) mass is 178 g/mol. The van der Waals surface area contributed by atoms with E-state index in [-0.39, 0.29) is 0 Å². The van der Waals surface area contributed by atoms with Crippen LogP contribution in [0.1, 0.15) is 6.42 Å². The summed E-state index contributed by atoms with van der Waals surface area (Å²) in [4.78, 5) is 6.81. The second kappa shape index (κ2) is 5.39. The first-order valence-corrected chi connectivity index (χ1v) is 4.28. The molecule has 0 aliphatic carbocycles. The molecule has 0 saturated carbocycles. The predicted octanol–water partition coefficient (Wildman–Crippen LogP) is 0.884. The van der Waals surface area contributed by atoms with Crippen molar-refractivity contribution in [1.29, 1.82) is 0 Å². The highest BCUT2D eigenvalue weighted by atomic mass is 16.6. The van der Waals surface area contributed by atoms with Gasteiger partial charge in [-0.3, -0.25) is 4.90 Å². The van der Waals surface area contributed by atoms with Crippen molar-refractivity contribution in [2.24, 2.45) is 5.16 Å². The van der Waals surface area contributed by atoms with Gasteiger partial charge in [-0.25, -0.2) is 0 Å². The molecule has 70 valence electrons. The fourth-order valence-corrected chi connectivity index (χ4v) is 1.31. The number of terminal acetylenes is 1. The van der Waals surface area contributed by atoms with Crippen LogP contribution in [0.25, 0.3) is 0 Å². The van der Waals surface area contributed by atoms with Crippen molar-refractivity contribution in [3.8, 4) is 12.3 Å². The molecule has 3 heteroatoms. The minimum absolute atomic E-state index is 0.707. The molecule has 0 aromatic carbocycles. The lowest BCUT2D eigenvalue weighted by atomic mass is 10.1. The van der Waals surface area contributed by atoms with Gasteiger partial charge >= 0.3 is 0 Å². The molecule has 0 amide bonds. The minimum atomic E-state index is 0.707. The standard InChI is InChI=1S/C10H14N2O/c1-3-6-12-7-4-5-10(9-12)8-11-13-2/h1,5,8H,4,6-7,9H2,2H3. The Morgan fingerprint density at radius 1 is 1.85 bits per heavy atom. The molecule has 0 atom stereocenters. The Morgan fingerprint density at radius 2 is 2.69 bits per heavy atom. The fourth-order valence-electron chi connectivity index (χ4n) is 1.31. The third-order valence-electron chi connectivity index (χ3n) is 1.90. The molecular formula is C10H14N2O. The van der Waals surface area contributed by atoms with Crippen molar-refractivity contribution >= 4 is 6.21 Å². The van der Waals surface area contributed by atoms with Gasteiger partial charge in [-0.1, -0.05) is 17.2 Å². The first-order chi connectivity index (χ1) is 6.36. The van der Waals surface area contributed by atoms with E-state index in [4.69, 9.17) is 6.42 Å². The summed E-state index contributed by atoms with van der Waals surface area (Å²) in [7, 11) is 1.54. The summed E-state index contributed by atoms with van der Waals surface area (Å²) in [5.41, 5.74) is 1.17. The van der Waals surface area contributed by atoms with E-state index in [0.717, 1.165) is 19.5 Å². The maximum absolute atomic E-state index is 5.24. The lowest BCUT2D eigenvalue weighted by molar-refractivity contribution is 0.215. The highest BCUT2D eigenvalue weighted by Crippen LogP contribution is 2.06. The molecule has 0 aromatic heterocycles. The van der Waals surface area contributed by atoms with Gasteiger partial charge in [0.15, 0.2) is 0 Å². The molecule has 1 aliphatic heterocycles. The highest BCUT2D eigenvalue weighted by molar-refractivity contribution is 5.78. The summed E-state index contributed by atoms with van der Waals surface area (Å²) >= 11 is 0. The van der Waals surface area contributed by atoms with Crippen LogP contribution in [0.2, 0.25) is 0 Å². The Hall–Kier alpha value is -1.27. The maximum Gasteiger partial charge on any atom is 0.106 e. The summed E-state index contributed by atoms with van der Waals surface area (Å²) in [6.45, 7) is 2.61. The van der Waals surface area contributed by atoms with E-state index in [1.54, 1.807) is 13.3 Å². The summed E-state index contributed by atoms with van der Waals surface area (Å²) in [6, 6.07) is 0. The predicted molar refractivity (Wildman–Crippen MR) is 53.5 cm³/mol. The van der Waals surface area contributed by atoms with Crippen molar-refractivity contribution in [3.05, 3.63) is 11.6 Å². The van der Waals surface area contributed by atoms with Gasteiger partial charge in [0, 0.05) is 13.1 Å². The molecule has 1 heterocycles. The Balaban J connectivity index is 2.45. The van der Waals surface area contributed by atoms with Gasteiger partial charge in [-0.05, 0) is 12.0 Å². The summed E-state index contributed by atoms with van der Waals surface area (Å²) in [6.07, 6.45) is 10.2. The van der Waals surface area contributed by atoms with Gasteiger partial charge in [-0.15, -0.1) is 6.42 Å². The molecular weight excluding hydrogens is 164 g/mol. The van der Waals surface area contributed by atoms with Crippen LogP contribution in [0, 0.1) is 12.3 Å². The minimum Gasteiger partial charge on any atom is -0.399 e. The average Bonchev–Trinajstić information content (AvgIpc) is 2.16. The van der Waals surface area contributed by atoms with Crippen molar-refractivity contribution < 1.29 is 4.84 Å². The van der Waals surface area contributed by atoms with E-state index >= 15 is 0 Å². The first kappa shape index (κ1) is 9.82. The molecule has 1 aliphatic rings. The van der Waals surface area contributed by atoms with Crippen LogP contribution in [-0.4, -0.2) is 37.9 Å². The molecule has 0 radical (unpaired) electrons. The Kier molecular flexibility index (Phi) is 4.07. The van der Waals surface area contributed by atoms with Gasteiger partial charge < -0.3 is 4.84 Å². The largest absolute Gasteiger partial charge is 0.399 e. The molecule has 0 saturated heterocycles. The van der Waals surface area contributed by atoms with Gasteiger partial charge in [-0.2, -0.15) is 0 Å². The van der Waals surface area contributed by atoms with Crippen molar-refractivity contribution in [2.75, 3.05) is 26.7 Å². The summed E-state index contributed by atoms with van der Waals surface area (Å²) in [5.74, 6) is 2.64. The van der Waals surface area contributed by atoms with Gasteiger partial charge in [0.25, 0.3) is 0 Å². The summed E-state index contributed by atoms with van der Waals surface area (Å²) < 4.78 is 0. The van der Waals surface area contributed by atoms with Crippen LogP contribution in [-0.2, 0) is 4.84 Å². The zero-order chi connectivity index (χ0) is 9.52.